The Morgan fingerprint density at radius 3 is 2.56 bits per heavy atom. The first kappa shape index (κ1) is 22.6. The van der Waals surface area contributed by atoms with Crippen molar-refractivity contribution in [1.82, 2.24) is 4.90 Å². The van der Waals surface area contributed by atoms with Crippen LogP contribution >= 0.6 is 0 Å². The van der Waals surface area contributed by atoms with Gasteiger partial charge in [0.05, 0.1) is 7.11 Å². The third-order valence-electron chi connectivity index (χ3n) is 5.06. The van der Waals surface area contributed by atoms with Gasteiger partial charge in [0.25, 0.3) is 5.91 Å². The third kappa shape index (κ3) is 4.98. The number of fused-ring (bicyclic) bond motifs is 1. The summed E-state index contributed by atoms with van der Waals surface area (Å²) < 4.78 is 11.8. The van der Waals surface area contributed by atoms with Crippen LogP contribution in [0.1, 0.15) is 16.7 Å². The average Bonchev–Trinajstić information content (AvgIpc) is 2.81. The Labute approximate surface area is 188 Å². The number of amides is 1. The van der Waals surface area contributed by atoms with Crippen LogP contribution in [0.4, 0.5) is 0 Å². The van der Waals surface area contributed by atoms with E-state index in [1.807, 2.05) is 36.4 Å². The molecule has 0 aliphatic rings. The molecule has 1 amide bonds. The fourth-order valence-electron chi connectivity index (χ4n) is 3.51. The van der Waals surface area contributed by atoms with Gasteiger partial charge in [0.1, 0.15) is 18.2 Å². The lowest BCUT2D eigenvalue weighted by Crippen LogP contribution is -2.22. The van der Waals surface area contributed by atoms with E-state index < -0.39 is 0 Å². The van der Waals surface area contributed by atoms with Gasteiger partial charge in [0, 0.05) is 19.7 Å². The van der Waals surface area contributed by atoms with E-state index in [1.165, 1.54) is 4.90 Å². The first-order valence-electron chi connectivity index (χ1n) is 10.2. The number of benzene rings is 3. The Kier molecular flexibility index (Phi) is 7.30. The molecule has 5 heteroatoms. The molecule has 0 spiro atoms. The predicted molar refractivity (Wildman–Crippen MR) is 127 cm³/mol. The number of allylic oxidation sites excluding steroid dienone is 1. The summed E-state index contributed by atoms with van der Waals surface area (Å²) in [4.78, 5) is 13.6. The number of methoxy groups -OCH3 is 1. The normalized spacial score (nSPS) is 11.0. The minimum Gasteiger partial charge on any atom is -0.493 e. The molecule has 5 nitrogen and oxygen atoms in total. The van der Waals surface area contributed by atoms with Crippen LogP contribution in [0.2, 0.25) is 0 Å². The van der Waals surface area contributed by atoms with Gasteiger partial charge < -0.3 is 14.4 Å². The molecule has 0 bridgehead atoms. The van der Waals surface area contributed by atoms with E-state index in [0.29, 0.717) is 30.1 Å². The van der Waals surface area contributed by atoms with Crippen LogP contribution in [0, 0.1) is 11.3 Å². The molecule has 0 heterocycles. The van der Waals surface area contributed by atoms with Crippen molar-refractivity contribution in [2.75, 3.05) is 21.2 Å². The van der Waals surface area contributed by atoms with Crippen molar-refractivity contribution >= 4 is 22.8 Å². The maximum absolute atomic E-state index is 12.2. The average molecular weight is 427 g/mol. The van der Waals surface area contributed by atoms with Gasteiger partial charge in [-0.2, -0.15) is 5.26 Å². The van der Waals surface area contributed by atoms with Crippen LogP contribution in [0.15, 0.2) is 72.8 Å². The summed E-state index contributed by atoms with van der Waals surface area (Å²) in [6.45, 7) is 4.22. The second-order valence-corrected chi connectivity index (χ2v) is 7.50. The van der Waals surface area contributed by atoms with Crippen molar-refractivity contribution in [2.24, 2.45) is 0 Å². The van der Waals surface area contributed by atoms with Gasteiger partial charge in [0.2, 0.25) is 0 Å². The zero-order valence-corrected chi connectivity index (χ0v) is 18.6. The van der Waals surface area contributed by atoms with Gasteiger partial charge in [-0.05, 0) is 46.5 Å². The summed E-state index contributed by atoms with van der Waals surface area (Å²) in [5.41, 5.74) is 2.66. The lowest BCUT2D eigenvalue weighted by atomic mass is 10.0. The highest BCUT2D eigenvalue weighted by Gasteiger charge is 2.16. The third-order valence-corrected chi connectivity index (χ3v) is 5.06. The number of nitrogens with zero attached hydrogens (tertiary/aromatic N) is 2. The highest BCUT2D eigenvalue weighted by atomic mass is 16.5. The molecule has 3 aromatic rings. The molecule has 3 aromatic carbocycles. The molecule has 0 aliphatic carbocycles. The molecule has 0 unspecified atom stereocenters. The van der Waals surface area contributed by atoms with Crippen LogP contribution in [0.3, 0.4) is 0 Å². The van der Waals surface area contributed by atoms with E-state index in [0.717, 1.165) is 21.9 Å². The second-order valence-electron chi connectivity index (χ2n) is 7.50. The van der Waals surface area contributed by atoms with Crippen LogP contribution in [0.25, 0.3) is 16.8 Å². The molecular formula is C27H26N2O3. The van der Waals surface area contributed by atoms with Crippen molar-refractivity contribution in [1.29, 1.82) is 5.26 Å². The monoisotopic (exact) mass is 426 g/mol. The van der Waals surface area contributed by atoms with E-state index >= 15 is 0 Å². The SMILES string of the molecule is C=CCc1cc(/C=C(/C#N)C(=O)N(C)C)cc(OC)c1OCc1cccc2ccccc12. The molecule has 0 saturated heterocycles. The van der Waals surface area contributed by atoms with Crippen LogP contribution in [-0.2, 0) is 17.8 Å². The standard InChI is InChI=1S/C27H26N2O3/c1-5-9-21-14-19(15-23(17-28)27(30)29(2)3)16-25(31-4)26(21)32-18-22-12-8-11-20-10-6-7-13-24(20)22/h5-8,10-16H,1,9,18H2,2-4H3/b23-15-. The molecule has 0 N–H and O–H groups in total. The van der Waals surface area contributed by atoms with E-state index in [2.05, 4.69) is 24.8 Å². The smallest absolute Gasteiger partial charge is 0.264 e. The van der Waals surface area contributed by atoms with E-state index in [-0.39, 0.29) is 11.5 Å². The second kappa shape index (κ2) is 10.3. The molecule has 3 rings (SSSR count). The lowest BCUT2D eigenvalue weighted by Gasteiger charge is -2.17. The molecule has 0 aliphatic heterocycles. The Hall–Kier alpha value is -4.04. The molecule has 162 valence electrons. The molecule has 0 radical (unpaired) electrons. The molecule has 32 heavy (non-hydrogen) atoms. The number of rotatable bonds is 8. The number of carbonyl (C=O) groups is 1. The number of nitriles is 1. The van der Waals surface area contributed by atoms with Crippen LogP contribution < -0.4 is 9.47 Å². The minimum absolute atomic E-state index is 0.0472. The van der Waals surface area contributed by atoms with Gasteiger partial charge in [-0.15, -0.1) is 6.58 Å². The Morgan fingerprint density at radius 2 is 1.88 bits per heavy atom. The largest absolute Gasteiger partial charge is 0.493 e. The Bertz CT molecular complexity index is 1210. The van der Waals surface area contributed by atoms with E-state index in [4.69, 9.17) is 9.47 Å². The van der Waals surface area contributed by atoms with Gasteiger partial charge in [-0.3, -0.25) is 4.79 Å². The van der Waals surface area contributed by atoms with Gasteiger partial charge >= 0.3 is 0 Å². The van der Waals surface area contributed by atoms with Gasteiger partial charge in [0.15, 0.2) is 11.5 Å². The number of carbonyl (C=O) groups excluding carboxylic acids is 1. The molecular weight excluding hydrogens is 400 g/mol. The zero-order chi connectivity index (χ0) is 23.1. The minimum atomic E-state index is -0.354. The highest BCUT2D eigenvalue weighted by molar-refractivity contribution is 6.01. The number of likely N-dealkylation sites (N-methyl/N-ethyl adjacent to an activating group) is 1. The fourth-order valence-corrected chi connectivity index (χ4v) is 3.51. The Morgan fingerprint density at radius 1 is 1.12 bits per heavy atom. The highest BCUT2D eigenvalue weighted by Crippen LogP contribution is 2.35. The van der Waals surface area contributed by atoms with Crippen LogP contribution in [-0.4, -0.2) is 32.0 Å². The van der Waals surface area contributed by atoms with E-state index in [9.17, 15) is 10.1 Å². The summed E-state index contributed by atoms with van der Waals surface area (Å²) in [7, 11) is 4.80. The number of ether oxygens (including phenoxy) is 2. The van der Waals surface area contributed by atoms with Crippen molar-refractivity contribution in [2.45, 2.75) is 13.0 Å². The molecule has 0 aromatic heterocycles. The zero-order valence-electron chi connectivity index (χ0n) is 18.6. The quantitative estimate of drug-likeness (QED) is 0.284. The molecule has 0 saturated carbocycles. The Balaban J connectivity index is 1.99. The first-order chi connectivity index (χ1) is 15.5. The summed E-state index contributed by atoms with van der Waals surface area (Å²) in [6, 6.07) is 20.0. The summed E-state index contributed by atoms with van der Waals surface area (Å²) in [5, 5.41) is 11.7. The maximum atomic E-state index is 12.2. The topological polar surface area (TPSA) is 62.6 Å². The van der Waals surface area contributed by atoms with E-state index in [1.54, 1.807) is 39.4 Å². The lowest BCUT2D eigenvalue weighted by molar-refractivity contribution is -0.124. The van der Waals surface area contributed by atoms with Crippen molar-refractivity contribution in [3.63, 3.8) is 0 Å². The van der Waals surface area contributed by atoms with Gasteiger partial charge in [-0.1, -0.05) is 48.5 Å². The summed E-state index contributed by atoms with van der Waals surface area (Å²) >= 11 is 0. The van der Waals surface area contributed by atoms with Crippen molar-refractivity contribution < 1.29 is 14.3 Å². The fraction of sp³-hybridized carbons (Fsp3) is 0.185. The van der Waals surface area contributed by atoms with Crippen molar-refractivity contribution in [3.8, 4) is 17.6 Å². The predicted octanol–water partition coefficient (Wildman–Crippen LogP) is 5.15. The molecule has 0 fully saturated rings. The van der Waals surface area contributed by atoms with Gasteiger partial charge in [-0.25, -0.2) is 0 Å². The summed E-state index contributed by atoms with van der Waals surface area (Å²) in [5.74, 6) is 0.799. The summed E-state index contributed by atoms with van der Waals surface area (Å²) in [6.07, 6.45) is 3.89. The maximum Gasteiger partial charge on any atom is 0.264 e. The molecule has 0 atom stereocenters. The first-order valence-corrected chi connectivity index (χ1v) is 10.2. The van der Waals surface area contributed by atoms with Crippen LogP contribution in [0.5, 0.6) is 11.5 Å². The van der Waals surface area contributed by atoms with Crippen molar-refractivity contribution in [3.05, 3.63) is 89.5 Å². The number of hydrogen-bond donors (Lipinski definition) is 0. The number of hydrogen-bond acceptors (Lipinski definition) is 4.